The number of nitrogen functional groups attached to an aromatic ring is 1. The SMILES string of the molecule is Cc1nc(SCc2nc(N)nc(Nc3ccccc3)n2)oc1C. The molecule has 0 aliphatic rings. The Bertz CT molecular complexity index is 785. The van der Waals surface area contributed by atoms with E-state index in [0.717, 1.165) is 17.1 Å². The predicted molar refractivity (Wildman–Crippen MR) is 89.5 cm³/mol. The maximum absolute atomic E-state index is 5.76. The first-order valence-corrected chi connectivity index (χ1v) is 7.98. The average Bonchev–Trinajstić information content (AvgIpc) is 2.84. The molecule has 1 aromatic carbocycles. The molecule has 0 bridgehead atoms. The Morgan fingerprint density at radius 3 is 2.57 bits per heavy atom. The molecular formula is C15H16N6OS. The number of benzene rings is 1. The van der Waals surface area contributed by atoms with Crippen LogP contribution in [-0.4, -0.2) is 19.9 Å². The third-order valence-corrected chi connectivity index (χ3v) is 3.89. The van der Waals surface area contributed by atoms with Gasteiger partial charge in [0, 0.05) is 5.69 Å². The average molecular weight is 328 g/mol. The van der Waals surface area contributed by atoms with Crippen molar-refractivity contribution in [1.82, 2.24) is 19.9 Å². The zero-order valence-corrected chi connectivity index (χ0v) is 13.6. The van der Waals surface area contributed by atoms with Crippen LogP contribution in [0.2, 0.25) is 0 Å². The molecule has 0 radical (unpaired) electrons. The smallest absolute Gasteiger partial charge is 0.256 e. The number of hydrogen-bond donors (Lipinski definition) is 2. The summed E-state index contributed by atoms with van der Waals surface area (Å²) in [4.78, 5) is 16.9. The van der Waals surface area contributed by atoms with Crippen LogP contribution in [0.4, 0.5) is 17.6 Å². The molecule has 0 fully saturated rings. The quantitative estimate of drug-likeness (QED) is 0.689. The summed E-state index contributed by atoms with van der Waals surface area (Å²) < 4.78 is 5.53. The van der Waals surface area contributed by atoms with Gasteiger partial charge < -0.3 is 15.5 Å². The van der Waals surface area contributed by atoms with Crippen LogP contribution in [0.15, 0.2) is 40.0 Å². The van der Waals surface area contributed by atoms with E-state index in [9.17, 15) is 0 Å². The van der Waals surface area contributed by atoms with Gasteiger partial charge in [-0.05, 0) is 26.0 Å². The zero-order chi connectivity index (χ0) is 16.2. The van der Waals surface area contributed by atoms with Crippen molar-refractivity contribution in [1.29, 1.82) is 0 Å². The maximum atomic E-state index is 5.76. The molecule has 0 saturated heterocycles. The van der Waals surface area contributed by atoms with E-state index in [4.69, 9.17) is 10.2 Å². The lowest BCUT2D eigenvalue weighted by atomic mass is 10.3. The Morgan fingerprint density at radius 2 is 1.87 bits per heavy atom. The fourth-order valence-corrected chi connectivity index (χ4v) is 2.61. The third-order valence-electron chi connectivity index (χ3n) is 3.06. The van der Waals surface area contributed by atoms with Crippen LogP contribution in [0, 0.1) is 13.8 Å². The van der Waals surface area contributed by atoms with Crippen molar-refractivity contribution in [3.05, 3.63) is 47.6 Å². The van der Waals surface area contributed by atoms with E-state index in [0.29, 0.717) is 22.7 Å². The number of anilines is 3. The van der Waals surface area contributed by atoms with Gasteiger partial charge in [0.15, 0.2) is 0 Å². The number of nitrogens with one attached hydrogen (secondary N) is 1. The monoisotopic (exact) mass is 328 g/mol. The van der Waals surface area contributed by atoms with Crippen molar-refractivity contribution in [3.8, 4) is 0 Å². The van der Waals surface area contributed by atoms with E-state index in [2.05, 4.69) is 25.3 Å². The molecule has 3 aromatic rings. The zero-order valence-electron chi connectivity index (χ0n) is 12.8. The normalized spacial score (nSPS) is 10.7. The summed E-state index contributed by atoms with van der Waals surface area (Å²) in [5.41, 5.74) is 7.53. The number of para-hydroxylation sites is 1. The fourth-order valence-electron chi connectivity index (χ4n) is 1.84. The standard InChI is InChI=1S/C15H16N6OS/c1-9-10(2)22-15(17-9)23-8-12-19-13(16)21-14(20-12)18-11-6-4-3-5-7-11/h3-7H,8H2,1-2H3,(H3,16,18,19,20,21). The van der Waals surface area contributed by atoms with E-state index in [-0.39, 0.29) is 5.95 Å². The van der Waals surface area contributed by atoms with Crippen molar-refractivity contribution in [2.45, 2.75) is 24.8 Å². The largest absolute Gasteiger partial charge is 0.437 e. The van der Waals surface area contributed by atoms with Crippen LogP contribution >= 0.6 is 11.8 Å². The second kappa shape index (κ2) is 6.66. The number of aryl methyl sites for hydroxylation is 2. The van der Waals surface area contributed by atoms with Gasteiger partial charge in [0.05, 0.1) is 11.4 Å². The van der Waals surface area contributed by atoms with Crippen molar-refractivity contribution < 1.29 is 4.42 Å². The van der Waals surface area contributed by atoms with E-state index in [1.54, 1.807) is 0 Å². The summed E-state index contributed by atoms with van der Waals surface area (Å²) in [5.74, 6) is 2.46. The van der Waals surface area contributed by atoms with Gasteiger partial charge in [-0.15, -0.1) is 0 Å². The second-order valence-corrected chi connectivity index (χ2v) is 5.76. The molecule has 0 unspecified atom stereocenters. The number of oxazole rings is 1. The topological polar surface area (TPSA) is 103 Å². The van der Waals surface area contributed by atoms with Gasteiger partial charge >= 0.3 is 0 Å². The van der Waals surface area contributed by atoms with E-state index >= 15 is 0 Å². The number of nitrogens with two attached hydrogens (primary N) is 1. The Morgan fingerprint density at radius 1 is 1.09 bits per heavy atom. The Kier molecular flexibility index (Phi) is 4.42. The third kappa shape index (κ3) is 3.98. The first kappa shape index (κ1) is 15.3. The molecule has 0 saturated carbocycles. The Labute approximate surface area is 137 Å². The number of rotatable bonds is 5. The number of hydrogen-bond acceptors (Lipinski definition) is 8. The summed E-state index contributed by atoms with van der Waals surface area (Å²) in [7, 11) is 0. The molecule has 7 nitrogen and oxygen atoms in total. The molecular weight excluding hydrogens is 312 g/mol. The van der Waals surface area contributed by atoms with Gasteiger partial charge in [0.1, 0.15) is 11.6 Å². The van der Waals surface area contributed by atoms with Gasteiger partial charge in [-0.3, -0.25) is 0 Å². The lowest BCUT2D eigenvalue weighted by Crippen LogP contribution is -2.06. The van der Waals surface area contributed by atoms with Crippen molar-refractivity contribution in [3.63, 3.8) is 0 Å². The molecule has 3 rings (SSSR count). The molecule has 0 amide bonds. The minimum absolute atomic E-state index is 0.175. The summed E-state index contributed by atoms with van der Waals surface area (Å²) in [6, 6.07) is 9.64. The van der Waals surface area contributed by atoms with Crippen LogP contribution in [0.3, 0.4) is 0 Å². The van der Waals surface area contributed by atoms with E-state index in [1.807, 2.05) is 44.2 Å². The second-order valence-electron chi connectivity index (χ2n) is 4.83. The van der Waals surface area contributed by atoms with Crippen LogP contribution in [0.25, 0.3) is 0 Å². The maximum Gasteiger partial charge on any atom is 0.256 e. The molecule has 23 heavy (non-hydrogen) atoms. The van der Waals surface area contributed by atoms with E-state index < -0.39 is 0 Å². The molecule has 3 N–H and O–H groups in total. The molecule has 2 aromatic heterocycles. The minimum atomic E-state index is 0.175. The van der Waals surface area contributed by atoms with Crippen LogP contribution in [0.5, 0.6) is 0 Å². The highest BCUT2D eigenvalue weighted by Crippen LogP contribution is 2.23. The molecule has 8 heteroatoms. The number of aromatic nitrogens is 4. The highest BCUT2D eigenvalue weighted by Gasteiger charge is 2.10. The first-order valence-electron chi connectivity index (χ1n) is 6.99. The van der Waals surface area contributed by atoms with E-state index in [1.165, 1.54) is 11.8 Å². The Balaban J connectivity index is 1.72. The van der Waals surface area contributed by atoms with Crippen molar-refractivity contribution >= 4 is 29.3 Å². The molecule has 118 valence electrons. The van der Waals surface area contributed by atoms with Gasteiger partial charge in [0.2, 0.25) is 11.9 Å². The van der Waals surface area contributed by atoms with Crippen LogP contribution in [0.1, 0.15) is 17.3 Å². The summed E-state index contributed by atoms with van der Waals surface area (Å²) in [5, 5.41) is 3.70. The van der Waals surface area contributed by atoms with Gasteiger partial charge in [0.25, 0.3) is 5.22 Å². The van der Waals surface area contributed by atoms with Crippen LogP contribution in [-0.2, 0) is 5.75 Å². The predicted octanol–water partition coefficient (Wildman–Crippen LogP) is 3.09. The van der Waals surface area contributed by atoms with Crippen molar-refractivity contribution in [2.24, 2.45) is 0 Å². The summed E-state index contributed by atoms with van der Waals surface area (Å²) in [6.07, 6.45) is 0. The summed E-state index contributed by atoms with van der Waals surface area (Å²) in [6.45, 7) is 3.79. The molecule has 0 aliphatic heterocycles. The molecule has 0 aliphatic carbocycles. The highest BCUT2D eigenvalue weighted by molar-refractivity contribution is 7.98. The lowest BCUT2D eigenvalue weighted by molar-refractivity contribution is 0.431. The van der Waals surface area contributed by atoms with Crippen molar-refractivity contribution in [2.75, 3.05) is 11.1 Å². The lowest BCUT2D eigenvalue weighted by Gasteiger charge is -2.06. The number of nitrogens with zero attached hydrogens (tertiary/aromatic N) is 4. The highest BCUT2D eigenvalue weighted by atomic mass is 32.2. The molecule has 0 spiro atoms. The molecule has 2 heterocycles. The van der Waals surface area contributed by atoms with Gasteiger partial charge in [-0.2, -0.15) is 15.0 Å². The Hall–Kier alpha value is -2.61. The van der Waals surface area contributed by atoms with Crippen LogP contribution < -0.4 is 11.1 Å². The van der Waals surface area contributed by atoms with Gasteiger partial charge in [-0.25, -0.2) is 4.98 Å². The number of thioether (sulfide) groups is 1. The minimum Gasteiger partial charge on any atom is -0.437 e. The fraction of sp³-hybridized carbons (Fsp3) is 0.200. The summed E-state index contributed by atoms with van der Waals surface area (Å²) >= 11 is 1.42. The first-order chi connectivity index (χ1) is 11.1. The van der Waals surface area contributed by atoms with Gasteiger partial charge in [-0.1, -0.05) is 30.0 Å². The molecule has 0 atom stereocenters.